The molecular weight excluding hydrogens is 194 g/mol. The highest BCUT2D eigenvalue weighted by Gasteiger charge is 2.13. The molecule has 0 unspecified atom stereocenters. The van der Waals surface area contributed by atoms with Crippen molar-refractivity contribution < 1.29 is 9.53 Å². The van der Waals surface area contributed by atoms with Crippen LogP contribution in [0.5, 0.6) is 0 Å². The second kappa shape index (κ2) is 4.33. The summed E-state index contributed by atoms with van der Waals surface area (Å²) in [5.74, 6) is -0.124. The van der Waals surface area contributed by atoms with Gasteiger partial charge >= 0.3 is 5.97 Å². The molecule has 0 aromatic carbocycles. The third-order valence-corrected chi connectivity index (χ3v) is 1.90. The van der Waals surface area contributed by atoms with Gasteiger partial charge in [0.2, 0.25) is 0 Å². The molecule has 0 aliphatic heterocycles. The van der Waals surface area contributed by atoms with Crippen LogP contribution in [0, 0.1) is 5.41 Å². The van der Waals surface area contributed by atoms with Gasteiger partial charge in [-0.2, -0.15) is 5.10 Å². The van der Waals surface area contributed by atoms with Gasteiger partial charge in [0.15, 0.2) is 0 Å². The van der Waals surface area contributed by atoms with E-state index in [0.717, 1.165) is 6.42 Å². The second-order valence-electron chi connectivity index (χ2n) is 4.65. The number of hydrogen-bond donors (Lipinski definition) is 2. The van der Waals surface area contributed by atoms with Crippen molar-refractivity contribution in [3.8, 4) is 0 Å². The Labute approximate surface area is 89.0 Å². The van der Waals surface area contributed by atoms with Gasteiger partial charge in [-0.3, -0.25) is 5.10 Å². The van der Waals surface area contributed by atoms with Crippen molar-refractivity contribution in [2.75, 3.05) is 12.3 Å². The van der Waals surface area contributed by atoms with E-state index in [-0.39, 0.29) is 11.2 Å². The molecule has 0 amide bonds. The fourth-order valence-corrected chi connectivity index (χ4v) is 0.969. The molecule has 1 aromatic rings. The zero-order valence-corrected chi connectivity index (χ0v) is 9.33. The minimum Gasteiger partial charge on any atom is -0.461 e. The number of nitrogens with one attached hydrogen (secondary N) is 1. The summed E-state index contributed by atoms with van der Waals surface area (Å²) in [6.07, 6.45) is 0.822. The van der Waals surface area contributed by atoms with Crippen LogP contribution < -0.4 is 5.73 Å². The predicted octanol–water partition coefficient (Wildman–Crippen LogP) is 1.58. The molecule has 0 saturated heterocycles. The molecule has 0 radical (unpaired) electrons. The standard InChI is InChI=1S/C10H17N3O2/c1-10(2,3)4-5-15-9(14)7-6-8(11)13-12-7/h6H,4-5H2,1-3H3,(H3,11,12,13). The van der Waals surface area contributed by atoms with E-state index in [2.05, 4.69) is 31.0 Å². The smallest absolute Gasteiger partial charge is 0.356 e. The highest BCUT2D eigenvalue weighted by atomic mass is 16.5. The Hall–Kier alpha value is -1.52. The Morgan fingerprint density at radius 1 is 1.60 bits per heavy atom. The van der Waals surface area contributed by atoms with Crippen molar-refractivity contribution in [3.63, 3.8) is 0 Å². The van der Waals surface area contributed by atoms with Gasteiger partial charge in [-0.15, -0.1) is 0 Å². The number of carbonyl (C=O) groups excluding carboxylic acids is 1. The van der Waals surface area contributed by atoms with E-state index in [1.165, 1.54) is 6.07 Å². The topological polar surface area (TPSA) is 81.0 Å². The van der Waals surface area contributed by atoms with Crippen molar-refractivity contribution in [2.24, 2.45) is 5.41 Å². The maximum Gasteiger partial charge on any atom is 0.356 e. The lowest BCUT2D eigenvalue weighted by molar-refractivity contribution is 0.0458. The Bertz CT molecular complexity index is 339. The molecule has 5 nitrogen and oxygen atoms in total. The summed E-state index contributed by atoms with van der Waals surface area (Å²) >= 11 is 0. The first-order valence-electron chi connectivity index (χ1n) is 4.86. The van der Waals surface area contributed by atoms with Crippen LogP contribution in [0.15, 0.2) is 6.07 Å². The predicted molar refractivity (Wildman–Crippen MR) is 57.4 cm³/mol. The number of rotatable bonds is 3. The van der Waals surface area contributed by atoms with Crippen molar-refractivity contribution in [1.82, 2.24) is 10.2 Å². The van der Waals surface area contributed by atoms with Crippen molar-refractivity contribution >= 4 is 11.8 Å². The average Bonchev–Trinajstić information content (AvgIpc) is 2.49. The summed E-state index contributed by atoms with van der Waals surface area (Å²) in [6.45, 7) is 6.68. The van der Waals surface area contributed by atoms with E-state index >= 15 is 0 Å². The molecule has 0 atom stereocenters. The monoisotopic (exact) mass is 211 g/mol. The summed E-state index contributed by atoms with van der Waals surface area (Å²) < 4.78 is 5.05. The number of aromatic amines is 1. The van der Waals surface area contributed by atoms with E-state index < -0.39 is 5.97 Å². The Balaban J connectivity index is 2.37. The zero-order valence-electron chi connectivity index (χ0n) is 9.33. The lowest BCUT2D eigenvalue weighted by atomic mass is 9.93. The van der Waals surface area contributed by atoms with Crippen molar-refractivity contribution in [2.45, 2.75) is 27.2 Å². The fourth-order valence-electron chi connectivity index (χ4n) is 0.969. The molecule has 0 fully saturated rings. The quantitative estimate of drug-likeness (QED) is 0.744. The van der Waals surface area contributed by atoms with E-state index in [1.807, 2.05) is 0 Å². The van der Waals surface area contributed by atoms with Crippen LogP contribution in [0.2, 0.25) is 0 Å². The molecule has 0 bridgehead atoms. The fraction of sp³-hybridized carbons (Fsp3) is 0.600. The molecule has 0 saturated carbocycles. The Morgan fingerprint density at radius 3 is 2.73 bits per heavy atom. The molecule has 84 valence electrons. The number of nitrogens with two attached hydrogens (primary N) is 1. The van der Waals surface area contributed by atoms with Gasteiger partial charge in [-0.1, -0.05) is 20.8 Å². The Kier molecular flexibility index (Phi) is 3.34. The average molecular weight is 211 g/mol. The molecule has 15 heavy (non-hydrogen) atoms. The highest BCUT2D eigenvalue weighted by molar-refractivity contribution is 5.87. The Morgan fingerprint density at radius 2 is 2.27 bits per heavy atom. The van der Waals surface area contributed by atoms with Gasteiger partial charge < -0.3 is 10.5 Å². The van der Waals surface area contributed by atoms with Gasteiger partial charge in [0, 0.05) is 6.07 Å². The number of carbonyl (C=O) groups is 1. The minimum absolute atomic E-state index is 0.160. The number of esters is 1. The molecule has 1 rings (SSSR count). The largest absolute Gasteiger partial charge is 0.461 e. The molecule has 0 aliphatic carbocycles. The minimum atomic E-state index is -0.413. The third kappa shape index (κ3) is 4.01. The molecule has 0 aliphatic rings. The van der Waals surface area contributed by atoms with Crippen LogP contribution in [0.25, 0.3) is 0 Å². The summed E-state index contributed by atoms with van der Waals surface area (Å²) in [4.78, 5) is 11.4. The van der Waals surface area contributed by atoms with Crippen LogP contribution in [-0.4, -0.2) is 22.8 Å². The van der Waals surface area contributed by atoms with Crippen molar-refractivity contribution in [1.29, 1.82) is 0 Å². The number of nitrogens with zero attached hydrogens (tertiary/aromatic N) is 1. The summed E-state index contributed by atoms with van der Waals surface area (Å²) in [6, 6.07) is 1.46. The maximum absolute atomic E-state index is 11.4. The maximum atomic E-state index is 11.4. The first kappa shape index (κ1) is 11.6. The number of nitrogen functional groups attached to an aromatic ring is 1. The normalized spacial score (nSPS) is 11.4. The highest BCUT2D eigenvalue weighted by Crippen LogP contribution is 2.18. The SMILES string of the molecule is CC(C)(C)CCOC(=O)c1cc(N)n[nH]1. The van der Waals surface area contributed by atoms with Crippen LogP contribution in [0.4, 0.5) is 5.82 Å². The second-order valence-corrected chi connectivity index (χ2v) is 4.65. The number of anilines is 1. The summed E-state index contributed by atoms with van der Waals surface area (Å²) in [7, 11) is 0. The van der Waals surface area contributed by atoms with E-state index in [1.54, 1.807) is 0 Å². The van der Waals surface area contributed by atoms with Gasteiger partial charge in [0.05, 0.1) is 6.61 Å². The number of hydrogen-bond acceptors (Lipinski definition) is 4. The van der Waals surface area contributed by atoms with Crippen LogP contribution in [0.1, 0.15) is 37.7 Å². The molecule has 5 heteroatoms. The number of ether oxygens (including phenoxy) is 1. The summed E-state index contributed by atoms with van der Waals surface area (Å²) in [5, 5.41) is 6.15. The van der Waals surface area contributed by atoms with Crippen molar-refractivity contribution in [3.05, 3.63) is 11.8 Å². The van der Waals surface area contributed by atoms with Crippen LogP contribution in [0.3, 0.4) is 0 Å². The van der Waals surface area contributed by atoms with Gasteiger partial charge in [-0.05, 0) is 11.8 Å². The van der Waals surface area contributed by atoms with Crippen LogP contribution in [-0.2, 0) is 4.74 Å². The molecular formula is C10H17N3O2. The lowest BCUT2D eigenvalue weighted by Gasteiger charge is -2.17. The number of H-pyrrole nitrogens is 1. The van der Waals surface area contributed by atoms with E-state index in [9.17, 15) is 4.79 Å². The number of aromatic nitrogens is 2. The van der Waals surface area contributed by atoms with Crippen LogP contribution >= 0.6 is 0 Å². The molecule has 1 heterocycles. The van der Waals surface area contributed by atoms with E-state index in [0.29, 0.717) is 12.3 Å². The zero-order chi connectivity index (χ0) is 11.5. The first-order chi connectivity index (χ1) is 6.88. The summed E-state index contributed by atoms with van der Waals surface area (Å²) in [5.41, 5.74) is 5.82. The molecule has 3 N–H and O–H groups in total. The van der Waals surface area contributed by atoms with Gasteiger partial charge in [0.25, 0.3) is 0 Å². The van der Waals surface area contributed by atoms with E-state index in [4.69, 9.17) is 10.5 Å². The third-order valence-electron chi connectivity index (χ3n) is 1.90. The molecule has 0 spiro atoms. The van der Waals surface area contributed by atoms with Gasteiger partial charge in [0.1, 0.15) is 11.5 Å². The van der Waals surface area contributed by atoms with Gasteiger partial charge in [-0.25, -0.2) is 4.79 Å². The first-order valence-corrected chi connectivity index (χ1v) is 4.86. The molecule has 1 aromatic heterocycles. The lowest BCUT2D eigenvalue weighted by Crippen LogP contribution is -2.13.